The van der Waals surface area contributed by atoms with Gasteiger partial charge in [-0.1, -0.05) is 6.08 Å². The second-order valence-electron chi connectivity index (χ2n) is 3.22. The van der Waals surface area contributed by atoms with Crippen molar-refractivity contribution in [1.82, 2.24) is 9.78 Å². The van der Waals surface area contributed by atoms with Gasteiger partial charge in [0, 0.05) is 17.5 Å². The second-order valence-corrected chi connectivity index (χ2v) is 3.97. The molecule has 6 heteroatoms. The number of halogens is 1. The summed E-state index contributed by atoms with van der Waals surface area (Å²) in [5.41, 5.74) is 0.784. The van der Waals surface area contributed by atoms with Gasteiger partial charge in [0.05, 0.1) is 17.0 Å². The fourth-order valence-corrected chi connectivity index (χ4v) is 2.02. The van der Waals surface area contributed by atoms with Crippen molar-refractivity contribution in [2.45, 2.75) is 6.54 Å². The normalized spacial score (nSPS) is 10.6. The van der Waals surface area contributed by atoms with E-state index in [2.05, 4.69) is 27.6 Å². The van der Waals surface area contributed by atoms with E-state index in [1.807, 2.05) is 0 Å². The Morgan fingerprint density at radius 2 is 2.38 bits per heavy atom. The predicted octanol–water partition coefficient (Wildman–Crippen LogP) is 2.89. The first-order chi connectivity index (χ1) is 7.63. The van der Waals surface area contributed by atoms with Crippen LogP contribution in [0.25, 0.3) is 10.9 Å². The molecule has 2 rings (SSSR count). The average molecular weight is 282 g/mol. The summed E-state index contributed by atoms with van der Waals surface area (Å²) in [7, 11) is 0. The quantitative estimate of drug-likeness (QED) is 0.494. The van der Waals surface area contributed by atoms with Crippen molar-refractivity contribution in [2.75, 3.05) is 0 Å². The number of aromatic nitrogens is 2. The summed E-state index contributed by atoms with van der Waals surface area (Å²) in [4.78, 5) is 10.2. The molecule has 0 fully saturated rings. The molecule has 1 aromatic carbocycles. The van der Waals surface area contributed by atoms with Crippen LogP contribution >= 0.6 is 15.9 Å². The van der Waals surface area contributed by atoms with Crippen molar-refractivity contribution >= 4 is 32.5 Å². The van der Waals surface area contributed by atoms with Crippen LogP contribution in [0.2, 0.25) is 0 Å². The first-order valence-electron chi connectivity index (χ1n) is 4.55. The molecule has 0 aliphatic heterocycles. The summed E-state index contributed by atoms with van der Waals surface area (Å²) < 4.78 is 2.35. The number of nitrogens with zero attached hydrogens (tertiary/aromatic N) is 3. The fourth-order valence-electron chi connectivity index (χ4n) is 1.50. The third-order valence-corrected chi connectivity index (χ3v) is 2.79. The van der Waals surface area contributed by atoms with Crippen LogP contribution in [0, 0.1) is 10.1 Å². The van der Waals surface area contributed by atoms with Crippen LogP contribution in [0.4, 0.5) is 5.69 Å². The minimum atomic E-state index is -0.418. The van der Waals surface area contributed by atoms with Crippen molar-refractivity contribution in [2.24, 2.45) is 0 Å². The maximum Gasteiger partial charge on any atom is 0.271 e. The van der Waals surface area contributed by atoms with Crippen LogP contribution in [0.1, 0.15) is 0 Å². The highest BCUT2D eigenvalue weighted by atomic mass is 79.9. The lowest BCUT2D eigenvalue weighted by Gasteiger charge is -1.98. The molecule has 0 saturated carbocycles. The van der Waals surface area contributed by atoms with Gasteiger partial charge in [-0.3, -0.25) is 14.8 Å². The molecule has 1 aromatic heterocycles. The van der Waals surface area contributed by atoms with E-state index < -0.39 is 4.92 Å². The molecule has 0 bridgehead atoms. The van der Waals surface area contributed by atoms with Gasteiger partial charge in [0.1, 0.15) is 4.60 Å². The molecule has 0 spiro atoms. The molecule has 0 aliphatic rings. The molecule has 0 N–H and O–H groups in total. The molecule has 2 aromatic rings. The molecule has 0 radical (unpaired) electrons. The monoisotopic (exact) mass is 281 g/mol. The molecule has 5 nitrogen and oxygen atoms in total. The van der Waals surface area contributed by atoms with E-state index in [-0.39, 0.29) is 5.69 Å². The number of nitro benzene ring substituents is 1. The molecule has 0 atom stereocenters. The minimum absolute atomic E-state index is 0.0604. The van der Waals surface area contributed by atoms with Crippen LogP contribution in [0.3, 0.4) is 0 Å². The van der Waals surface area contributed by atoms with Crippen LogP contribution in [0.5, 0.6) is 0 Å². The van der Waals surface area contributed by atoms with Gasteiger partial charge in [-0.15, -0.1) is 6.58 Å². The summed E-state index contributed by atoms with van der Waals surface area (Å²) in [5, 5.41) is 15.7. The van der Waals surface area contributed by atoms with Gasteiger partial charge in [0.2, 0.25) is 0 Å². The fraction of sp³-hybridized carbons (Fsp3) is 0.100. The number of hydrogen-bond acceptors (Lipinski definition) is 3. The minimum Gasteiger partial charge on any atom is -0.260 e. The molecular formula is C10H8BrN3O2. The third-order valence-electron chi connectivity index (χ3n) is 2.20. The smallest absolute Gasteiger partial charge is 0.260 e. The highest BCUT2D eigenvalue weighted by molar-refractivity contribution is 9.10. The Kier molecular flexibility index (Phi) is 2.74. The zero-order chi connectivity index (χ0) is 11.7. The van der Waals surface area contributed by atoms with Crippen molar-refractivity contribution in [3.8, 4) is 0 Å². The lowest BCUT2D eigenvalue weighted by molar-refractivity contribution is -0.384. The van der Waals surface area contributed by atoms with Crippen molar-refractivity contribution < 1.29 is 4.92 Å². The van der Waals surface area contributed by atoms with Crippen LogP contribution in [-0.4, -0.2) is 14.7 Å². The molecule has 0 saturated heterocycles. The van der Waals surface area contributed by atoms with E-state index in [0.29, 0.717) is 11.1 Å². The van der Waals surface area contributed by atoms with Crippen molar-refractivity contribution in [3.05, 3.63) is 45.6 Å². The third kappa shape index (κ3) is 1.71. The van der Waals surface area contributed by atoms with Gasteiger partial charge in [0.25, 0.3) is 5.69 Å². The number of non-ortho nitro benzene ring substituents is 1. The zero-order valence-corrected chi connectivity index (χ0v) is 9.85. The topological polar surface area (TPSA) is 61.0 Å². The number of fused-ring (bicyclic) bond motifs is 1. The number of rotatable bonds is 3. The Labute approximate surface area is 99.6 Å². The molecule has 1 heterocycles. The van der Waals surface area contributed by atoms with Crippen molar-refractivity contribution in [3.63, 3.8) is 0 Å². The van der Waals surface area contributed by atoms with Crippen molar-refractivity contribution in [1.29, 1.82) is 0 Å². The molecule has 0 unspecified atom stereocenters. The summed E-state index contributed by atoms with van der Waals surface area (Å²) in [5.74, 6) is 0. The maximum atomic E-state index is 10.7. The summed E-state index contributed by atoms with van der Waals surface area (Å²) in [6.07, 6.45) is 1.69. The Balaban J connectivity index is 2.68. The largest absolute Gasteiger partial charge is 0.271 e. The highest BCUT2D eigenvalue weighted by Crippen LogP contribution is 2.26. The van der Waals surface area contributed by atoms with E-state index in [9.17, 15) is 10.1 Å². The van der Waals surface area contributed by atoms with E-state index in [4.69, 9.17) is 0 Å². The number of benzene rings is 1. The number of allylic oxidation sites excluding steroid dienone is 1. The number of nitro groups is 1. The Morgan fingerprint density at radius 3 is 3.00 bits per heavy atom. The summed E-state index contributed by atoms with van der Waals surface area (Å²) in [6, 6.07) is 4.66. The van der Waals surface area contributed by atoms with E-state index in [0.717, 1.165) is 10.9 Å². The van der Waals surface area contributed by atoms with E-state index in [1.165, 1.54) is 12.1 Å². The van der Waals surface area contributed by atoms with Crippen LogP contribution in [-0.2, 0) is 6.54 Å². The average Bonchev–Trinajstić information content (AvgIpc) is 2.56. The van der Waals surface area contributed by atoms with Crippen LogP contribution < -0.4 is 0 Å². The zero-order valence-electron chi connectivity index (χ0n) is 8.26. The lowest BCUT2D eigenvalue weighted by Crippen LogP contribution is -1.97. The Hall–Kier alpha value is -1.69. The van der Waals surface area contributed by atoms with E-state index in [1.54, 1.807) is 16.8 Å². The number of hydrogen-bond donors (Lipinski definition) is 0. The predicted molar refractivity (Wildman–Crippen MR) is 64.3 cm³/mol. The van der Waals surface area contributed by atoms with Gasteiger partial charge in [-0.2, -0.15) is 5.10 Å². The second kappa shape index (κ2) is 4.05. The first-order valence-corrected chi connectivity index (χ1v) is 5.34. The summed E-state index contributed by atoms with van der Waals surface area (Å²) >= 11 is 3.31. The Morgan fingerprint density at radius 1 is 1.62 bits per heavy atom. The SMILES string of the molecule is C=CCn1nc(Br)c2ccc([N+](=O)[O-])cc21. The standard InChI is InChI=1S/C10H8BrN3O2/c1-2-5-13-9-6-7(14(15)16)3-4-8(9)10(11)12-13/h2-4,6H,1,5H2. The molecule has 82 valence electrons. The molecule has 0 aliphatic carbocycles. The van der Waals surface area contributed by atoms with E-state index >= 15 is 0 Å². The van der Waals surface area contributed by atoms with Gasteiger partial charge in [-0.05, 0) is 22.0 Å². The van der Waals surface area contributed by atoms with Gasteiger partial charge in [0.15, 0.2) is 0 Å². The molecule has 0 amide bonds. The van der Waals surface area contributed by atoms with Gasteiger partial charge >= 0.3 is 0 Å². The summed E-state index contributed by atoms with van der Waals surface area (Å²) in [6.45, 7) is 4.14. The van der Waals surface area contributed by atoms with Gasteiger partial charge < -0.3 is 0 Å². The van der Waals surface area contributed by atoms with Gasteiger partial charge in [-0.25, -0.2) is 0 Å². The Bertz CT molecular complexity index is 577. The molecular weight excluding hydrogens is 274 g/mol. The highest BCUT2D eigenvalue weighted by Gasteiger charge is 2.12. The first kappa shape index (κ1) is 10.8. The lowest BCUT2D eigenvalue weighted by atomic mass is 10.2. The van der Waals surface area contributed by atoms with Crippen LogP contribution in [0.15, 0.2) is 35.5 Å². The molecule has 16 heavy (non-hydrogen) atoms. The maximum absolute atomic E-state index is 10.7.